The number of carbonyl (C=O) groups excluding carboxylic acids is 1. The van der Waals surface area contributed by atoms with E-state index in [4.69, 9.17) is 9.15 Å². The summed E-state index contributed by atoms with van der Waals surface area (Å²) in [6.45, 7) is 2.01. The molecular weight excluding hydrogens is 304 g/mol. The first kappa shape index (κ1) is 16.1. The molecule has 0 N–H and O–H groups in total. The van der Waals surface area contributed by atoms with E-state index in [2.05, 4.69) is 4.98 Å². The van der Waals surface area contributed by atoms with Crippen molar-refractivity contribution in [2.45, 2.75) is 19.8 Å². The number of methoxy groups -OCH3 is 1. The number of furan rings is 1. The van der Waals surface area contributed by atoms with E-state index in [1.807, 2.05) is 48.9 Å². The van der Waals surface area contributed by atoms with E-state index in [0.717, 1.165) is 35.4 Å². The minimum Gasteiger partial charge on any atom is -0.464 e. The number of pyridine rings is 1. The molecule has 0 aliphatic heterocycles. The molecule has 0 bridgehead atoms. The summed E-state index contributed by atoms with van der Waals surface area (Å²) < 4.78 is 12.4. The maximum Gasteiger partial charge on any atom is 0.355 e. The van der Waals surface area contributed by atoms with Crippen molar-refractivity contribution < 1.29 is 13.9 Å². The first-order valence-corrected chi connectivity index (χ1v) is 7.83. The van der Waals surface area contributed by atoms with Crippen LogP contribution in [-0.2, 0) is 24.6 Å². The fraction of sp³-hybridized carbons (Fsp3) is 0.263. The largest absolute Gasteiger partial charge is 0.464 e. The highest BCUT2D eigenvalue weighted by atomic mass is 16.5. The van der Waals surface area contributed by atoms with Gasteiger partial charge in [0.2, 0.25) is 0 Å². The molecular formula is C19H20N2O3. The lowest BCUT2D eigenvalue weighted by Crippen LogP contribution is -2.11. The van der Waals surface area contributed by atoms with Gasteiger partial charge >= 0.3 is 5.97 Å². The van der Waals surface area contributed by atoms with Crippen molar-refractivity contribution in [2.75, 3.05) is 7.11 Å². The van der Waals surface area contributed by atoms with Gasteiger partial charge in [-0.2, -0.15) is 0 Å². The molecule has 5 heteroatoms. The molecule has 0 aliphatic carbocycles. The van der Waals surface area contributed by atoms with Crippen LogP contribution in [0.25, 0.3) is 11.3 Å². The van der Waals surface area contributed by atoms with Crippen molar-refractivity contribution in [3.63, 3.8) is 0 Å². The second-order valence-corrected chi connectivity index (χ2v) is 5.64. The van der Waals surface area contributed by atoms with Crippen molar-refractivity contribution in [3.05, 3.63) is 65.4 Å². The van der Waals surface area contributed by atoms with Crippen LogP contribution in [0.1, 0.15) is 27.4 Å². The molecule has 0 aromatic carbocycles. The topological polar surface area (TPSA) is 57.3 Å². The van der Waals surface area contributed by atoms with Crippen LogP contribution < -0.4 is 0 Å². The van der Waals surface area contributed by atoms with E-state index in [9.17, 15) is 4.79 Å². The summed E-state index contributed by atoms with van der Waals surface area (Å²) in [5.41, 5.74) is 4.44. The Morgan fingerprint density at radius 1 is 1.25 bits per heavy atom. The van der Waals surface area contributed by atoms with Gasteiger partial charge < -0.3 is 13.7 Å². The van der Waals surface area contributed by atoms with Crippen LogP contribution in [0.3, 0.4) is 0 Å². The molecule has 0 atom stereocenters. The average molecular weight is 324 g/mol. The molecule has 3 aromatic rings. The lowest BCUT2D eigenvalue weighted by atomic mass is 10.0. The molecule has 0 radical (unpaired) electrons. The number of ether oxygens (including phenoxy) is 1. The number of esters is 1. The number of aryl methyl sites for hydroxylation is 1. The van der Waals surface area contributed by atoms with Gasteiger partial charge in [-0.3, -0.25) is 4.98 Å². The second-order valence-electron chi connectivity index (χ2n) is 5.64. The molecule has 3 heterocycles. The van der Waals surface area contributed by atoms with Gasteiger partial charge in [0.05, 0.1) is 18.9 Å². The third-order valence-electron chi connectivity index (χ3n) is 4.28. The Balaban J connectivity index is 2.02. The third kappa shape index (κ3) is 2.85. The maximum absolute atomic E-state index is 12.3. The number of rotatable bonds is 5. The normalized spacial score (nSPS) is 10.8. The monoisotopic (exact) mass is 324 g/mol. The van der Waals surface area contributed by atoms with Gasteiger partial charge in [0.25, 0.3) is 0 Å². The Kier molecular flexibility index (Phi) is 4.51. The van der Waals surface area contributed by atoms with Crippen LogP contribution in [0, 0.1) is 6.92 Å². The first-order valence-electron chi connectivity index (χ1n) is 7.83. The van der Waals surface area contributed by atoms with Crippen LogP contribution in [0.15, 0.2) is 47.2 Å². The molecule has 24 heavy (non-hydrogen) atoms. The highest BCUT2D eigenvalue weighted by Crippen LogP contribution is 2.33. The molecule has 0 unspecified atom stereocenters. The molecule has 0 amide bonds. The van der Waals surface area contributed by atoms with E-state index < -0.39 is 0 Å². The minimum absolute atomic E-state index is 0.365. The first-order chi connectivity index (χ1) is 11.6. The molecule has 3 rings (SSSR count). The SMILES string of the molecule is COC(=O)c1c(-c2ccco2)c(C)c(CCc2ccccn2)n1C. The zero-order chi connectivity index (χ0) is 17.1. The van der Waals surface area contributed by atoms with Crippen molar-refractivity contribution in [2.24, 2.45) is 7.05 Å². The number of aromatic nitrogens is 2. The van der Waals surface area contributed by atoms with Gasteiger partial charge in [-0.25, -0.2) is 4.79 Å². The molecule has 0 fully saturated rings. The molecule has 0 aliphatic rings. The fourth-order valence-corrected chi connectivity index (χ4v) is 3.08. The average Bonchev–Trinajstić information content (AvgIpc) is 3.20. The summed E-state index contributed by atoms with van der Waals surface area (Å²) in [5, 5.41) is 0. The molecule has 124 valence electrons. The molecule has 0 saturated heterocycles. The summed E-state index contributed by atoms with van der Waals surface area (Å²) >= 11 is 0. The van der Waals surface area contributed by atoms with E-state index in [1.54, 1.807) is 12.5 Å². The Morgan fingerprint density at radius 3 is 2.71 bits per heavy atom. The zero-order valence-electron chi connectivity index (χ0n) is 14.1. The predicted octanol–water partition coefficient (Wildman–Crippen LogP) is 3.56. The van der Waals surface area contributed by atoms with E-state index in [0.29, 0.717) is 11.5 Å². The standard InChI is InChI=1S/C19H20N2O3/c1-13-15(10-9-14-7-4-5-11-20-14)21(2)18(19(22)23-3)17(13)16-8-6-12-24-16/h4-8,11-12H,9-10H2,1-3H3. The summed E-state index contributed by atoms with van der Waals surface area (Å²) in [6.07, 6.45) is 4.99. The van der Waals surface area contributed by atoms with Gasteiger partial charge in [0, 0.05) is 24.6 Å². The summed E-state index contributed by atoms with van der Waals surface area (Å²) in [5.74, 6) is 0.309. The van der Waals surface area contributed by atoms with Crippen molar-refractivity contribution in [1.82, 2.24) is 9.55 Å². The molecule has 5 nitrogen and oxygen atoms in total. The van der Waals surface area contributed by atoms with Crippen LogP contribution in [0.5, 0.6) is 0 Å². The number of hydrogen-bond donors (Lipinski definition) is 0. The molecule has 0 saturated carbocycles. The van der Waals surface area contributed by atoms with Crippen LogP contribution in [0.2, 0.25) is 0 Å². The lowest BCUT2D eigenvalue weighted by Gasteiger charge is -2.07. The highest BCUT2D eigenvalue weighted by Gasteiger charge is 2.26. The number of nitrogens with zero attached hydrogens (tertiary/aromatic N) is 2. The van der Waals surface area contributed by atoms with Gasteiger partial charge in [-0.05, 0) is 49.6 Å². The zero-order valence-corrected chi connectivity index (χ0v) is 14.1. The molecule has 3 aromatic heterocycles. The summed E-state index contributed by atoms with van der Waals surface area (Å²) in [6, 6.07) is 9.57. The van der Waals surface area contributed by atoms with Crippen LogP contribution in [0.4, 0.5) is 0 Å². The predicted molar refractivity (Wildman–Crippen MR) is 90.8 cm³/mol. The Labute approximate surface area is 140 Å². The van der Waals surface area contributed by atoms with Crippen molar-refractivity contribution in [1.29, 1.82) is 0 Å². The number of hydrogen-bond acceptors (Lipinski definition) is 4. The smallest absolute Gasteiger partial charge is 0.355 e. The second kappa shape index (κ2) is 6.74. The molecule has 0 spiro atoms. The lowest BCUT2D eigenvalue weighted by molar-refractivity contribution is 0.0590. The van der Waals surface area contributed by atoms with Crippen molar-refractivity contribution in [3.8, 4) is 11.3 Å². The van der Waals surface area contributed by atoms with Crippen LogP contribution >= 0.6 is 0 Å². The van der Waals surface area contributed by atoms with Gasteiger partial charge in [-0.1, -0.05) is 6.07 Å². The van der Waals surface area contributed by atoms with Gasteiger partial charge in [0.15, 0.2) is 0 Å². The summed E-state index contributed by atoms with van der Waals surface area (Å²) in [4.78, 5) is 16.7. The highest BCUT2D eigenvalue weighted by molar-refractivity contribution is 5.96. The maximum atomic E-state index is 12.3. The van der Waals surface area contributed by atoms with Crippen LogP contribution in [-0.4, -0.2) is 22.6 Å². The minimum atomic E-state index is -0.365. The van der Waals surface area contributed by atoms with E-state index in [1.165, 1.54) is 7.11 Å². The van der Waals surface area contributed by atoms with Crippen molar-refractivity contribution >= 4 is 5.97 Å². The Bertz CT molecular complexity index is 833. The third-order valence-corrected chi connectivity index (χ3v) is 4.28. The quantitative estimate of drug-likeness (QED) is 0.673. The van der Waals surface area contributed by atoms with E-state index in [-0.39, 0.29) is 5.97 Å². The fourth-order valence-electron chi connectivity index (χ4n) is 3.08. The van der Waals surface area contributed by atoms with E-state index >= 15 is 0 Å². The van der Waals surface area contributed by atoms with Gasteiger partial charge in [-0.15, -0.1) is 0 Å². The van der Waals surface area contributed by atoms with Gasteiger partial charge in [0.1, 0.15) is 11.5 Å². The Morgan fingerprint density at radius 2 is 2.08 bits per heavy atom. The number of carbonyl (C=O) groups is 1. The Hall–Kier alpha value is -2.82. The summed E-state index contributed by atoms with van der Waals surface area (Å²) in [7, 11) is 3.28.